The van der Waals surface area contributed by atoms with Crippen LogP contribution in [-0.2, 0) is 24.7 Å². The van der Waals surface area contributed by atoms with E-state index in [2.05, 4.69) is 0 Å². The predicted octanol–water partition coefficient (Wildman–Crippen LogP) is 4.74. The number of rotatable bonds is 4. The Kier molecular flexibility index (Phi) is 5.42. The monoisotopic (exact) mass is 489 g/mol. The third-order valence-electron chi connectivity index (χ3n) is 6.52. The molecule has 8 heteroatoms. The summed E-state index contributed by atoms with van der Waals surface area (Å²) < 4.78 is 7.58. The van der Waals surface area contributed by atoms with Crippen molar-refractivity contribution in [2.45, 2.75) is 30.5 Å². The number of thioether (sulfide) groups is 1. The van der Waals surface area contributed by atoms with E-state index < -0.39 is 0 Å². The molecule has 0 bridgehead atoms. The molecule has 4 aromatic rings. The Bertz CT molecular complexity index is 1460. The largest absolute Gasteiger partial charge is 0.489 e. The molecule has 1 aliphatic heterocycles. The van der Waals surface area contributed by atoms with Gasteiger partial charge in [-0.2, -0.15) is 0 Å². The van der Waals surface area contributed by atoms with Crippen molar-refractivity contribution < 1.29 is 9.53 Å². The number of ether oxygens (including phenoxy) is 1. The van der Waals surface area contributed by atoms with Crippen LogP contribution in [0.2, 0.25) is 0 Å². The van der Waals surface area contributed by atoms with E-state index in [1.807, 2.05) is 59.5 Å². The average molecular weight is 490 g/mol. The van der Waals surface area contributed by atoms with E-state index in [0.29, 0.717) is 17.5 Å². The van der Waals surface area contributed by atoms with Crippen LogP contribution in [0.25, 0.3) is 10.2 Å². The first-order chi connectivity index (χ1) is 16.6. The Labute approximate surface area is 205 Å². The lowest BCUT2D eigenvalue weighted by molar-refractivity contribution is -0.117. The van der Waals surface area contributed by atoms with Crippen LogP contribution in [-0.4, -0.2) is 27.8 Å². The summed E-state index contributed by atoms with van der Waals surface area (Å²) in [6, 6.07) is 17.4. The molecule has 0 radical (unpaired) electrons. The fourth-order valence-electron chi connectivity index (χ4n) is 4.85. The highest BCUT2D eigenvalue weighted by atomic mass is 32.2. The second-order valence-electron chi connectivity index (χ2n) is 8.55. The molecule has 1 atom stereocenters. The van der Waals surface area contributed by atoms with E-state index in [1.165, 1.54) is 22.2 Å². The summed E-state index contributed by atoms with van der Waals surface area (Å²) in [5, 5.41) is 1.34. The van der Waals surface area contributed by atoms with Crippen LogP contribution in [0.15, 0.2) is 64.5 Å². The van der Waals surface area contributed by atoms with Crippen molar-refractivity contribution in [3.8, 4) is 5.75 Å². The molecule has 0 N–H and O–H groups in total. The zero-order valence-corrected chi connectivity index (χ0v) is 20.3. The van der Waals surface area contributed by atoms with Crippen LogP contribution in [0.5, 0.6) is 5.75 Å². The van der Waals surface area contributed by atoms with Gasteiger partial charge in [0.25, 0.3) is 5.56 Å². The number of aryl methyl sites for hydroxylation is 2. The van der Waals surface area contributed by atoms with Crippen LogP contribution in [0.4, 0.5) is 5.69 Å². The minimum atomic E-state index is -0.219. The van der Waals surface area contributed by atoms with Gasteiger partial charge in [-0.05, 0) is 42.5 Å². The predicted molar refractivity (Wildman–Crippen MR) is 136 cm³/mol. The first-order valence-electron chi connectivity index (χ1n) is 11.3. The standard InChI is InChI=1S/C26H23N3O3S2/c1-28-25(31)23-17-10-7-13-21(17)34-24(23)27-26(28)33-15-22(30)29-18-11-5-6-12-20(18)32-14-19(29)16-8-3-2-4-9-16/h2-6,8-9,11-12,19H,7,10,13-15H2,1H3. The number of para-hydroxylation sites is 2. The highest BCUT2D eigenvalue weighted by Gasteiger charge is 2.33. The number of thiophene rings is 1. The van der Waals surface area contributed by atoms with Crippen molar-refractivity contribution in [1.82, 2.24) is 9.55 Å². The number of hydrogen-bond acceptors (Lipinski definition) is 6. The Morgan fingerprint density at radius 2 is 1.94 bits per heavy atom. The van der Waals surface area contributed by atoms with Crippen LogP contribution in [0.1, 0.15) is 28.5 Å². The van der Waals surface area contributed by atoms with Gasteiger partial charge in [-0.15, -0.1) is 11.3 Å². The molecular weight excluding hydrogens is 466 g/mol. The molecule has 2 aliphatic rings. The summed E-state index contributed by atoms with van der Waals surface area (Å²) in [5.74, 6) is 0.833. The topological polar surface area (TPSA) is 64.4 Å². The number of carbonyl (C=O) groups excluding carboxylic acids is 1. The summed E-state index contributed by atoms with van der Waals surface area (Å²) in [6.07, 6.45) is 3.08. The van der Waals surface area contributed by atoms with Crippen molar-refractivity contribution in [3.05, 3.63) is 81.0 Å². The molecule has 1 unspecified atom stereocenters. The van der Waals surface area contributed by atoms with E-state index in [0.717, 1.165) is 40.7 Å². The first-order valence-corrected chi connectivity index (χ1v) is 13.1. The first kappa shape index (κ1) is 21.4. The van der Waals surface area contributed by atoms with Crippen LogP contribution in [0, 0.1) is 0 Å². The third-order valence-corrected chi connectivity index (χ3v) is 8.72. The molecule has 3 heterocycles. The minimum Gasteiger partial charge on any atom is -0.489 e. The molecule has 1 aliphatic carbocycles. The summed E-state index contributed by atoms with van der Waals surface area (Å²) in [4.78, 5) is 35.4. The number of hydrogen-bond donors (Lipinski definition) is 0. The van der Waals surface area contributed by atoms with Gasteiger partial charge in [0, 0.05) is 11.9 Å². The van der Waals surface area contributed by atoms with Gasteiger partial charge in [-0.25, -0.2) is 4.98 Å². The second-order valence-corrected chi connectivity index (χ2v) is 10.6. The fraction of sp³-hybridized carbons (Fsp3) is 0.269. The number of amides is 1. The molecule has 34 heavy (non-hydrogen) atoms. The average Bonchev–Trinajstić information content (AvgIpc) is 3.46. The smallest absolute Gasteiger partial charge is 0.262 e. The Morgan fingerprint density at radius 1 is 1.15 bits per heavy atom. The molecule has 1 amide bonds. The molecule has 172 valence electrons. The molecule has 0 saturated heterocycles. The maximum atomic E-state index is 13.6. The van der Waals surface area contributed by atoms with Crippen LogP contribution in [0.3, 0.4) is 0 Å². The van der Waals surface area contributed by atoms with E-state index >= 15 is 0 Å². The van der Waals surface area contributed by atoms with Gasteiger partial charge in [0.15, 0.2) is 5.16 Å². The molecule has 2 aromatic carbocycles. The van der Waals surface area contributed by atoms with Crippen molar-refractivity contribution in [2.75, 3.05) is 17.3 Å². The summed E-state index contributed by atoms with van der Waals surface area (Å²) in [6.45, 7) is 0.390. The molecule has 0 saturated carbocycles. The van der Waals surface area contributed by atoms with E-state index in [9.17, 15) is 9.59 Å². The third kappa shape index (κ3) is 3.52. The maximum Gasteiger partial charge on any atom is 0.262 e. The van der Waals surface area contributed by atoms with Crippen molar-refractivity contribution in [1.29, 1.82) is 0 Å². The number of benzene rings is 2. The lowest BCUT2D eigenvalue weighted by Gasteiger charge is -2.37. The second kappa shape index (κ2) is 8.60. The van der Waals surface area contributed by atoms with Crippen molar-refractivity contribution >= 4 is 44.9 Å². The zero-order chi connectivity index (χ0) is 23.2. The molecule has 0 fully saturated rings. The number of aromatic nitrogens is 2. The van der Waals surface area contributed by atoms with Gasteiger partial charge in [-0.1, -0.05) is 54.2 Å². The molecule has 6 rings (SSSR count). The normalized spacial score (nSPS) is 16.9. The summed E-state index contributed by atoms with van der Waals surface area (Å²) in [7, 11) is 1.75. The van der Waals surface area contributed by atoms with Gasteiger partial charge in [0.1, 0.15) is 17.2 Å². The number of fused-ring (bicyclic) bond motifs is 4. The quantitative estimate of drug-likeness (QED) is 0.306. The number of nitrogens with zero attached hydrogens (tertiary/aromatic N) is 3. The van der Waals surface area contributed by atoms with Gasteiger partial charge < -0.3 is 4.74 Å². The Balaban J connectivity index is 1.31. The van der Waals surface area contributed by atoms with Crippen molar-refractivity contribution in [2.24, 2.45) is 7.05 Å². The number of anilines is 1. The minimum absolute atomic E-state index is 0.0155. The number of carbonyl (C=O) groups is 1. The molecular formula is C26H23N3O3S2. The molecule has 0 spiro atoms. The van der Waals surface area contributed by atoms with E-state index in [-0.39, 0.29) is 23.3 Å². The van der Waals surface area contributed by atoms with Gasteiger partial charge in [-0.3, -0.25) is 19.1 Å². The zero-order valence-electron chi connectivity index (χ0n) is 18.7. The lowest BCUT2D eigenvalue weighted by Crippen LogP contribution is -2.42. The summed E-state index contributed by atoms with van der Waals surface area (Å²) >= 11 is 2.94. The van der Waals surface area contributed by atoms with Gasteiger partial charge in [0.05, 0.1) is 22.9 Å². The van der Waals surface area contributed by atoms with Gasteiger partial charge in [0.2, 0.25) is 5.91 Å². The maximum absolute atomic E-state index is 13.6. The molecule has 2 aromatic heterocycles. The fourth-order valence-corrected chi connectivity index (χ4v) is 6.98. The Hall–Kier alpha value is -3.10. The van der Waals surface area contributed by atoms with Gasteiger partial charge >= 0.3 is 0 Å². The molecule has 6 nitrogen and oxygen atoms in total. The lowest BCUT2D eigenvalue weighted by atomic mass is 10.0. The van der Waals surface area contributed by atoms with E-state index in [1.54, 1.807) is 23.0 Å². The van der Waals surface area contributed by atoms with Crippen LogP contribution >= 0.6 is 23.1 Å². The highest BCUT2D eigenvalue weighted by Crippen LogP contribution is 2.40. The SMILES string of the molecule is Cn1c(SCC(=O)N2c3ccccc3OCC2c2ccccc2)nc2sc3c(c2c1=O)CCC3. The van der Waals surface area contributed by atoms with Crippen LogP contribution < -0.4 is 15.2 Å². The summed E-state index contributed by atoms with van der Waals surface area (Å²) in [5.41, 5.74) is 2.95. The van der Waals surface area contributed by atoms with Crippen molar-refractivity contribution in [3.63, 3.8) is 0 Å². The highest BCUT2D eigenvalue weighted by molar-refractivity contribution is 7.99. The Morgan fingerprint density at radius 3 is 2.79 bits per heavy atom. The van der Waals surface area contributed by atoms with E-state index in [4.69, 9.17) is 9.72 Å².